The molecule has 8 aromatic carbocycles. The van der Waals surface area contributed by atoms with Gasteiger partial charge in [-0.05, 0) is 91.6 Å². The van der Waals surface area contributed by atoms with E-state index in [1.165, 1.54) is 22.6 Å². The van der Waals surface area contributed by atoms with Crippen LogP contribution in [0.4, 0.5) is 17.1 Å². The summed E-state index contributed by atoms with van der Waals surface area (Å²) in [5.41, 5.74) is 12.2. The summed E-state index contributed by atoms with van der Waals surface area (Å²) in [4.78, 5) is 0. The summed E-state index contributed by atoms with van der Waals surface area (Å²) in [6.07, 6.45) is 1.04. The van der Waals surface area contributed by atoms with Gasteiger partial charge in [-0.2, -0.15) is 0 Å². The number of quaternary nitrogens is 1. The molecule has 0 radical (unpaired) electrons. The van der Waals surface area contributed by atoms with Gasteiger partial charge in [0.2, 0.25) is 0 Å². The summed E-state index contributed by atoms with van der Waals surface area (Å²) in [5, 5.41) is 44.7. The first-order chi connectivity index (χ1) is 29.1. The molecule has 0 unspecified atom stereocenters. The number of para-hydroxylation sites is 4. The number of hydrogen-bond donors (Lipinski definition) is 3. The lowest BCUT2D eigenvalue weighted by Crippen LogP contribution is -2.38. The van der Waals surface area contributed by atoms with E-state index < -0.39 is 0 Å². The predicted molar refractivity (Wildman–Crippen MR) is 243 cm³/mol. The van der Waals surface area contributed by atoms with Gasteiger partial charge < -0.3 is 20.4 Å². The molecule has 0 amide bonds. The van der Waals surface area contributed by atoms with Gasteiger partial charge >= 0.3 is 0 Å². The first-order valence-electron chi connectivity index (χ1n) is 20.4. The van der Waals surface area contributed by atoms with E-state index in [2.05, 4.69) is 121 Å². The van der Waals surface area contributed by atoms with Gasteiger partial charge in [0.15, 0.2) is 0 Å². The van der Waals surface area contributed by atoms with Crippen molar-refractivity contribution in [2.45, 2.75) is 46.6 Å². The van der Waals surface area contributed by atoms with Crippen LogP contribution in [0.3, 0.4) is 0 Å². The summed E-state index contributed by atoms with van der Waals surface area (Å²) in [7, 11) is 0. The van der Waals surface area contributed by atoms with Crippen molar-refractivity contribution < 1.29 is 20.4 Å². The van der Waals surface area contributed by atoms with Crippen LogP contribution in [0.2, 0.25) is 0 Å². The van der Waals surface area contributed by atoms with Gasteiger partial charge in [-0.1, -0.05) is 167 Å². The highest BCUT2D eigenvalue weighted by Crippen LogP contribution is 2.45. The number of hydrogen-bond acceptors (Lipinski definition) is 4. The number of phenolic OH excluding ortho intramolecular Hbond substituents is 3. The molecule has 0 saturated heterocycles. The van der Waals surface area contributed by atoms with Crippen LogP contribution in [0, 0.1) is 20.8 Å². The van der Waals surface area contributed by atoms with Crippen molar-refractivity contribution in [2.24, 2.45) is 0 Å². The molecule has 0 atom stereocenters. The SMILES string of the molecule is Cc1ccc(O)c(Cc2cccc(Cc3cc(C)cc(Cc4cc(C)ccc4O)c3O)c2[O-])c1.c1ccc(C[N+](c2ccccc2)(c2ccccc2)c2ccccc2)cc1. The van der Waals surface area contributed by atoms with Crippen LogP contribution < -0.4 is 9.59 Å². The Morgan fingerprint density at radius 3 is 1.18 bits per heavy atom. The molecule has 3 N–H and O–H groups in total. The van der Waals surface area contributed by atoms with Crippen molar-refractivity contribution in [3.05, 3.63) is 244 Å². The maximum Gasteiger partial charge on any atom is 0.143 e. The topological polar surface area (TPSA) is 83.8 Å². The molecule has 5 heteroatoms. The van der Waals surface area contributed by atoms with Gasteiger partial charge in [0, 0.05) is 24.8 Å². The van der Waals surface area contributed by atoms with Crippen molar-refractivity contribution in [1.29, 1.82) is 0 Å². The molecule has 0 aliphatic heterocycles. The predicted octanol–water partition coefficient (Wildman–Crippen LogP) is 12.4. The highest BCUT2D eigenvalue weighted by atomic mass is 16.3. The summed E-state index contributed by atoms with van der Waals surface area (Å²) in [6, 6.07) is 63.1. The van der Waals surface area contributed by atoms with Gasteiger partial charge in [-0.15, -0.1) is 5.75 Å². The van der Waals surface area contributed by atoms with Gasteiger partial charge in [-0.3, -0.25) is 0 Å². The normalized spacial score (nSPS) is 11.1. The van der Waals surface area contributed by atoms with Gasteiger partial charge in [-0.25, -0.2) is 4.48 Å². The average Bonchev–Trinajstić information content (AvgIpc) is 3.27. The number of aryl methyl sites for hydroxylation is 3. The van der Waals surface area contributed by atoms with Crippen LogP contribution in [-0.2, 0) is 25.8 Å². The number of benzene rings is 8. The van der Waals surface area contributed by atoms with E-state index in [-0.39, 0.29) is 23.0 Å². The summed E-state index contributed by atoms with van der Waals surface area (Å²) in [5.74, 6) is 0.438. The Kier molecular flexibility index (Phi) is 12.8. The Morgan fingerprint density at radius 2 is 0.750 bits per heavy atom. The third-order valence-electron chi connectivity index (χ3n) is 11.1. The number of phenols is 3. The van der Waals surface area contributed by atoms with Crippen molar-refractivity contribution in [3.63, 3.8) is 0 Å². The smallest absolute Gasteiger partial charge is 0.143 e. The fourth-order valence-electron chi connectivity index (χ4n) is 8.07. The fraction of sp³-hybridized carbons (Fsp3) is 0.127. The fourth-order valence-corrected chi connectivity index (χ4v) is 8.07. The first kappa shape index (κ1) is 41.1. The number of nitrogens with zero attached hydrogens (tertiary/aromatic N) is 1. The summed E-state index contributed by atoms with van der Waals surface area (Å²) >= 11 is 0. The zero-order chi connectivity index (χ0) is 42.1. The molecular formula is C55H51NO4. The van der Waals surface area contributed by atoms with Crippen molar-refractivity contribution in [1.82, 2.24) is 4.48 Å². The molecule has 0 fully saturated rings. The lowest BCUT2D eigenvalue weighted by molar-refractivity contribution is -0.270. The Balaban J connectivity index is 0.000000188. The molecule has 0 spiro atoms. The summed E-state index contributed by atoms with van der Waals surface area (Å²) in [6.45, 7) is 6.73. The number of rotatable bonds is 11. The highest BCUT2D eigenvalue weighted by Gasteiger charge is 2.36. The Bertz CT molecular complexity index is 2560. The van der Waals surface area contributed by atoms with Gasteiger partial charge in [0.05, 0.1) is 0 Å². The molecule has 0 aliphatic carbocycles. The highest BCUT2D eigenvalue weighted by molar-refractivity contribution is 5.71. The second kappa shape index (κ2) is 18.7. The largest absolute Gasteiger partial charge is 0.872 e. The second-order valence-corrected chi connectivity index (χ2v) is 15.6. The van der Waals surface area contributed by atoms with E-state index in [9.17, 15) is 20.4 Å². The van der Waals surface area contributed by atoms with Crippen LogP contribution in [0.1, 0.15) is 55.6 Å². The monoisotopic (exact) mass is 789 g/mol. The molecule has 8 aromatic rings. The molecule has 300 valence electrons. The lowest BCUT2D eigenvalue weighted by atomic mass is 9.93. The zero-order valence-electron chi connectivity index (χ0n) is 34.4. The molecule has 0 heterocycles. The Morgan fingerprint density at radius 1 is 0.383 bits per heavy atom. The van der Waals surface area contributed by atoms with Crippen molar-refractivity contribution in [2.75, 3.05) is 0 Å². The van der Waals surface area contributed by atoms with E-state index in [4.69, 9.17) is 0 Å². The third kappa shape index (κ3) is 9.44. The molecule has 60 heavy (non-hydrogen) atoms. The van der Waals surface area contributed by atoms with E-state index in [1.54, 1.807) is 24.3 Å². The molecule has 0 aliphatic rings. The van der Waals surface area contributed by atoms with Crippen LogP contribution in [-0.4, -0.2) is 15.3 Å². The molecule has 0 aromatic heterocycles. The van der Waals surface area contributed by atoms with Crippen molar-refractivity contribution in [3.8, 4) is 23.0 Å². The van der Waals surface area contributed by atoms with Crippen LogP contribution >= 0.6 is 0 Å². The minimum Gasteiger partial charge on any atom is -0.872 e. The van der Waals surface area contributed by atoms with Gasteiger partial charge in [0.1, 0.15) is 40.9 Å². The van der Waals surface area contributed by atoms with Crippen LogP contribution in [0.25, 0.3) is 0 Å². The van der Waals surface area contributed by atoms with E-state index in [0.717, 1.165) is 28.8 Å². The van der Waals surface area contributed by atoms with E-state index in [1.807, 2.05) is 63.2 Å². The zero-order valence-corrected chi connectivity index (χ0v) is 34.4. The standard InChI is InChI=1S/C30H30O4.C25H22N/c1-18-7-9-27(31)23(11-18)15-21-5-4-6-22(29(21)33)16-25-13-20(3)14-26(30(25)34)17-24-12-19(2)8-10-28(24)32;1-5-13-22(14-6-1)21-26(23-15-7-2-8-16-23,24-17-9-3-10-18-24)25-19-11-4-12-20-25/h4-14,31-34H,15-17H2,1-3H3;1-20H,21H2/q;+1/p-1. The quantitative estimate of drug-likeness (QED) is 0.114. The van der Waals surface area contributed by atoms with Gasteiger partial charge in [0.25, 0.3) is 0 Å². The average molecular weight is 790 g/mol. The van der Waals surface area contributed by atoms with Crippen LogP contribution in [0.5, 0.6) is 23.0 Å². The summed E-state index contributed by atoms with van der Waals surface area (Å²) < 4.78 is 0.659. The van der Waals surface area contributed by atoms with E-state index >= 15 is 0 Å². The maximum absolute atomic E-state index is 13.2. The Labute approximate surface area is 354 Å². The molecule has 0 bridgehead atoms. The molecule has 8 rings (SSSR count). The minimum absolute atomic E-state index is 0.0813. The second-order valence-electron chi connectivity index (χ2n) is 15.6. The molecule has 0 saturated carbocycles. The third-order valence-corrected chi connectivity index (χ3v) is 11.1. The molecule has 5 nitrogen and oxygen atoms in total. The van der Waals surface area contributed by atoms with E-state index in [0.29, 0.717) is 51.6 Å². The lowest BCUT2D eigenvalue weighted by Gasteiger charge is -2.37. The molecular weight excluding hydrogens is 739 g/mol. The minimum atomic E-state index is -0.0813. The first-order valence-corrected chi connectivity index (χ1v) is 20.4. The van der Waals surface area contributed by atoms with Crippen LogP contribution in [0.15, 0.2) is 188 Å². The maximum atomic E-state index is 13.2. The van der Waals surface area contributed by atoms with Crippen molar-refractivity contribution >= 4 is 17.1 Å². The Hall–Kier alpha value is -7.08. The number of aromatic hydroxyl groups is 3.